The van der Waals surface area contributed by atoms with Gasteiger partial charge < -0.3 is 10.1 Å². The second-order valence-corrected chi connectivity index (χ2v) is 4.93. The van der Waals surface area contributed by atoms with Crippen molar-refractivity contribution in [2.24, 2.45) is 5.92 Å². The monoisotopic (exact) mass is 247 g/mol. The quantitative estimate of drug-likeness (QED) is 0.888. The van der Waals surface area contributed by atoms with Crippen molar-refractivity contribution in [2.75, 3.05) is 6.61 Å². The first-order valence-corrected chi connectivity index (χ1v) is 6.74. The Morgan fingerprint density at radius 1 is 1.50 bits per heavy atom. The van der Waals surface area contributed by atoms with Crippen LogP contribution in [0.3, 0.4) is 0 Å². The first-order chi connectivity index (χ1) is 8.72. The first-order valence-electron chi connectivity index (χ1n) is 6.74. The van der Waals surface area contributed by atoms with Crippen LogP contribution in [0.1, 0.15) is 44.7 Å². The number of nitrogens with one attached hydrogen (secondary N) is 1. The lowest BCUT2D eigenvalue weighted by atomic mass is 9.98. The van der Waals surface area contributed by atoms with Crippen LogP contribution in [0.2, 0.25) is 0 Å². The number of hydrogen-bond donors (Lipinski definition) is 1. The standard InChI is InChI=1S/C15H21NO2/c1-3-6-11(2)15(17)16-13-9-10-18-14-8-5-4-7-12(13)14/h4-5,7-8,11,13H,3,6,9-10H2,1-2H3,(H,16,17)/t11-,13+/m1/s1. The fourth-order valence-electron chi connectivity index (χ4n) is 2.37. The molecule has 1 aromatic carbocycles. The fourth-order valence-corrected chi connectivity index (χ4v) is 2.37. The van der Waals surface area contributed by atoms with Gasteiger partial charge in [-0.05, 0) is 12.5 Å². The Balaban J connectivity index is 2.05. The predicted molar refractivity (Wildman–Crippen MR) is 71.5 cm³/mol. The molecule has 0 saturated carbocycles. The molecule has 2 atom stereocenters. The van der Waals surface area contributed by atoms with E-state index in [1.54, 1.807) is 0 Å². The Hall–Kier alpha value is -1.51. The SMILES string of the molecule is CCC[C@@H](C)C(=O)N[C@H]1CCOc2ccccc21. The maximum atomic E-state index is 12.1. The van der Waals surface area contributed by atoms with Gasteiger partial charge in [0.2, 0.25) is 5.91 Å². The highest BCUT2D eigenvalue weighted by Crippen LogP contribution is 2.31. The van der Waals surface area contributed by atoms with Crippen molar-refractivity contribution in [3.05, 3.63) is 29.8 Å². The third kappa shape index (κ3) is 2.84. The molecule has 98 valence electrons. The molecule has 0 spiro atoms. The summed E-state index contributed by atoms with van der Waals surface area (Å²) in [5, 5.41) is 3.14. The number of carbonyl (C=O) groups is 1. The number of amides is 1. The molecule has 0 fully saturated rings. The van der Waals surface area contributed by atoms with Crippen molar-refractivity contribution in [1.82, 2.24) is 5.32 Å². The number of para-hydroxylation sites is 1. The van der Waals surface area contributed by atoms with Crippen LogP contribution in [-0.2, 0) is 4.79 Å². The van der Waals surface area contributed by atoms with Crippen molar-refractivity contribution < 1.29 is 9.53 Å². The summed E-state index contributed by atoms with van der Waals surface area (Å²) < 4.78 is 5.59. The molecule has 0 bridgehead atoms. The molecule has 0 aliphatic carbocycles. The average molecular weight is 247 g/mol. The minimum Gasteiger partial charge on any atom is -0.493 e. The molecular formula is C15H21NO2. The molecule has 3 heteroatoms. The third-order valence-corrected chi connectivity index (χ3v) is 3.44. The molecule has 1 aliphatic heterocycles. The van der Waals surface area contributed by atoms with Crippen LogP contribution >= 0.6 is 0 Å². The minimum absolute atomic E-state index is 0.0880. The van der Waals surface area contributed by atoms with E-state index in [1.807, 2.05) is 31.2 Å². The van der Waals surface area contributed by atoms with Crippen LogP contribution in [0.5, 0.6) is 5.75 Å². The Bertz CT molecular complexity index is 417. The zero-order chi connectivity index (χ0) is 13.0. The lowest BCUT2D eigenvalue weighted by Crippen LogP contribution is -2.35. The number of hydrogen-bond acceptors (Lipinski definition) is 2. The number of rotatable bonds is 4. The van der Waals surface area contributed by atoms with Gasteiger partial charge in [0.05, 0.1) is 12.6 Å². The van der Waals surface area contributed by atoms with E-state index in [2.05, 4.69) is 12.2 Å². The zero-order valence-electron chi connectivity index (χ0n) is 11.1. The largest absolute Gasteiger partial charge is 0.493 e. The van der Waals surface area contributed by atoms with Gasteiger partial charge in [0, 0.05) is 17.9 Å². The lowest BCUT2D eigenvalue weighted by Gasteiger charge is -2.27. The maximum Gasteiger partial charge on any atom is 0.223 e. The summed E-state index contributed by atoms with van der Waals surface area (Å²) in [6.45, 7) is 4.77. The van der Waals surface area contributed by atoms with Crippen LogP contribution in [0, 0.1) is 5.92 Å². The Morgan fingerprint density at radius 2 is 2.28 bits per heavy atom. The van der Waals surface area contributed by atoms with Gasteiger partial charge in [0.15, 0.2) is 0 Å². The summed E-state index contributed by atoms with van der Waals surface area (Å²) in [5.41, 5.74) is 1.10. The molecule has 1 amide bonds. The van der Waals surface area contributed by atoms with Crippen molar-refractivity contribution in [1.29, 1.82) is 0 Å². The Labute approximate surface area is 109 Å². The van der Waals surface area contributed by atoms with E-state index >= 15 is 0 Å². The molecule has 0 aromatic heterocycles. The van der Waals surface area contributed by atoms with E-state index in [0.717, 1.165) is 30.6 Å². The summed E-state index contributed by atoms with van der Waals surface area (Å²) in [7, 11) is 0. The molecule has 2 rings (SSSR count). The van der Waals surface area contributed by atoms with Gasteiger partial charge in [-0.3, -0.25) is 4.79 Å². The van der Waals surface area contributed by atoms with E-state index in [0.29, 0.717) is 6.61 Å². The van der Waals surface area contributed by atoms with Gasteiger partial charge in [-0.25, -0.2) is 0 Å². The molecule has 1 aliphatic rings. The molecule has 0 unspecified atom stereocenters. The van der Waals surface area contributed by atoms with Gasteiger partial charge in [0.1, 0.15) is 5.75 Å². The van der Waals surface area contributed by atoms with Crippen LogP contribution in [0.15, 0.2) is 24.3 Å². The van der Waals surface area contributed by atoms with E-state index in [1.165, 1.54) is 0 Å². The smallest absolute Gasteiger partial charge is 0.223 e. The summed E-state index contributed by atoms with van der Waals surface area (Å²) in [6.07, 6.45) is 2.83. The summed E-state index contributed by atoms with van der Waals surface area (Å²) >= 11 is 0. The number of fused-ring (bicyclic) bond motifs is 1. The van der Waals surface area contributed by atoms with Crippen molar-refractivity contribution >= 4 is 5.91 Å². The molecule has 18 heavy (non-hydrogen) atoms. The Kier molecular flexibility index (Phi) is 4.24. The first kappa shape index (κ1) is 12.9. The van der Waals surface area contributed by atoms with Crippen LogP contribution in [-0.4, -0.2) is 12.5 Å². The maximum absolute atomic E-state index is 12.1. The Morgan fingerprint density at radius 3 is 3.06 bits per heavy atom. The average Bonchev–Trinajstić information content (AvgIpc) is 2.39. The highest BCUT2D eigenvalue weighted by molar-refractivity contribution is 5.78. The van der Waals surface area contributed by atoms with Gasteiger partial charge in [-0.1, -0.05) is 38.5 Å². The highest BCUT2D eigenvalue weighted by Gasteiger charge is 2.24. The van der Waals surface area contributed by atoms with Crippen LogP contribution in [0.25, 0.3) is 0 Å². The lowest BCUT2D eigenvalue weighted by molar-refractivity contribution is -0.125. The third-order valence-electron chi connectivity index (χ3n) is 3.44. The minimum atomic E-state index is 0.0880. The molecule has 0 saturated heterocycles. The highest BCUT2D eigenvalue weighted by atomic mass is 16.5. The normalized spacial score (nSPS) is 19.6. The van der Waals surface area contributed by atoms with Gasteiger partial charge >= 0.3 is 0 Å². The molecule has 0 radical (unpaired) electrons. The van der Waals surface area contributed by atoms with E-state index in [9.17, 15) is 4.79 Å². The second kappa shape index (κ2) is 5.89. The summed E-state index contributed by atoms with van der Waals surface area (Å²) in [5.74, 6) is 1.14. The number of benzene rings is 1. The van der Waals surface area contributed by atoms with Gasteiger partial charge in [0.25, 0.3) is 0 Å². The molecule has 1 N–H and O–H groups in total. The predicted octanol–water partition coefficient (Wildman–Crippen LogP) is 3.06. The van der Waals surface area contributed by atoms with Crippen LogP contribution < -0.4 is 10.1 Å². The second-order valence-electron chi connectivity index (χ2n) is 4.93. The molecular weight excluding hydrogens is 226 g/mol. The van der Waals surface area contributed by atoms with Gasteiger partial charge in [-0.15, -0.1) is 0 Å². The summed E-state index contributed by atoms with van der Waals surface area (Å²) in [4.78, 5) is 12.1. The summed E-state index contributed by atoms with van der Waals surface area (Å²) in [6, 6.07) is 8.04. The molecule has 1 heterocycles. The molecule has 3 nitrogen and oxygen atoms in total. The van der Waals surface area contributed by atoms with E-state index in [4.69, 9.17) is 4.74 Å². The van der Waals surface area contributed by atoms with Gasteiger partial charge in [-0.2, -0.15) is 0 Å². The van der Waals surface area contributed by atoms with Crippen LogP contribution in [0.4, 0.5) is 0 Å². The number of carbonyl (C=O) groups excluding carboxylic acids is 1. The van der Waals surface area contributed by atoms with E-state index < -0.39 is 0 Å². The van der Waals surface area contributed by atoms with Crippen molar-refractivity contribution in [3.8, 4) is 5.75 Å². The number of ether oxygens (including phenoxy) is 1. The fraction of sp³-hybridized carbons (Fsp3) is 0.533. The molecule has 1 aromatic rings. The topological polar surface area (TPSA) is 38.3 Å². The zero-order valence-corrected chi connectivity index (χ0v) is 11.1. The van der Waals surface area contributed by atoms with Crippen molar-refractivity contribution in [3.63, 3.8) is 0 Å². The van der Waals surface area contributed by atoms with Crippen molar-refractivity contribution in [2.45, 2.75) is 39.2 Å². The van der Waals surface area contributed by atoms with E-state index in [-0.39, 0.29) is 17.9 Å².